The van der Waals surface area contributed by atoms with Crippen molar-refractivity contribution in [2.24, 2.45) is 14.1 Å². The van der Waals surface area contributed by atoms with Crippen LogP contribution in [0.3, 0.4) is 0 Å². The third kappa shape index (κ3) is 3.16. The first kappa shape index (κ1) is 17.9. The van der Waals surface area contributed by atoms with Crippen LogP contribution >= 0.6 is 0 Å². The zero-order valence-corrected chi connectivity index (χ0v) is 15.7. The Morgan fingerprint density at radius 3 is 2.36 bits per heavy atom. The normalized spacial score (nSPS) is 22.0. The van der Waals surface area contributed by atoms with Crippen molar-refractivity contribution in [2.75, 3.05) is 13.1 Å². The lowest BCUT2D eigenvalue weighted by Crippen LogP contribution is -2.45. The van der Waals surface area contributed by atoms with Crippen molar-refractivity contribution < 1.29 is 4.74 Å². The highest BCUT2D eigenvalue weighted by Gasteiger charge is 2.25. The molecule has 3 rings (SSSR count). The number of fused-ring (bicyclic) bond motifs is 1. The van der Waals surface area contributed by atoms with Crippen LogP contribution in [0.4, 0.5) is 0 Å². The fourth-order valence-corrected chi connectivity index (χ4v) is 3.69. The molecule has 3 heterocycles. The number of rotatable bonds is 4. The molecule has 1 aliphatic rings. The Bertz CT molecular complexity index is 884. The number of nitrogens with zero attached hydrogens (tertiary/aromatic N) is 5. The van der Waals surface area contributed by atoms with Crippen LogP contribution in [0.25, 0.3) is 11.2 Å². The molecule has 2 aromatic heterocycles. The minimum absolute atomic E-state index is 0.171. The number of imidazole rings is 1. The van der Waals surface area contributed by atoms with Gasteiger partial charge in [0.15, 0.2) is 11.2 Å². The molecule has 2 aromatic rings. The van der Waals surface area contributed by atoms with Gasteiger partial charge in [-0.3, -0.25) is 18.8 Å². The summed E-state index contributed by atoms with van der Waals surface area (Å²) in [7, 11) is 3.18. The fraction of sp³-hybridized carbons (Fsp3) is 0.706. The molecule has 2 atom stereocenters. The molecular weight excluding hydrogens is 322 g/mol. The Morgan fingerprint density at radius 1 is 1.12 bits per heavy atom. The van der Waals surface area contributed by atoms with Crippen LogP contribution in [0.5, 0.6) is 0 Å². The highest BCUT2D eigenvalue weighted by atomic mass is 16.5. The standard InChI is InChI=1S/C17H27N5O3/c1-6-7-22-13(10-21-8-11(2)25-12(3)9-21)18-15-14(22)16(23)20(5)17(24)19(15)4/h11-12H,6-10H2,1-5H3. The molecule has 0 amide bonds. The minimum atomic E-state index is -0.348. The van der Waals surface area contributed by atoms with E-state index in [4.69, 9.17) is 4.74 Å². The highest BCUT2D eigenvalue weighted by molar-refractivity contribution is 5.71. The van der Waals surface area contributed by atoms with E-state index in [1.54, 1.807) is 7.05 Å². The molecule has 0 aromatic carbocycles. The average molecular weight is 349 g/mol. The maximum absolute atomic E-state index is 12.7. The van der Waals surface area contributed by atoms with Crippen LogP contribution in [-0.4, -0.2) is 48.9 Å². The Kier molecular flexibility index (Phi) is 4.83. The zero-order valence-electron chi connectivity index (χ0n) is 15.7. The third-order valence-corrected chi connectivity index (χ3v) is 4.73. The molecule has 1 aliphatic heterocycles. The Morgan fingerprint density at radius 2 is 1.76 bits per heavy atom. The summed E-state index contributed by atoms with van der Waals surface area (Å²) in [4.78, 5) is 31.8. The summed E-state index contributed by atoms with van der Waals surface area (Å²) in [6, 6.07) is 0. The van der Waals surface area contributed by atoms with Crippen molar-refractivity contribution in [2.45, 2.75) is 52.5 Å². The molecule has 1 fully saturated rings. The Balaban J connectivity index is 2.10. The fourth-order valence-electron chi connectivity index (χ4n) is 3.69. The lowest BCUT2D eigenvalue weighted by atomic mass is 10.2. The average Bonchev–Trinajstić information content (AvgIpc) is 2.89. The van der Waals surface area contributed by atoms with E-state index in [1.165, 1.54) is 11.6 Å². The maximum atomic E-state index is 12.7. The van der Waals surface area contributed by atoms with Crippen molar-refractivity contribution in [1.82, 2.24) is 23.6 Å². The van der Waals surface area contributed by atoms with Crippen LogP contribution in [0.2, 0.25) is 0 Å². The first-order chi connectivity index (χ1) is 11.8. The van der Waals surface area contributed by atoms with Crippen LogP contribution in [-0.2, 0) is 31.9 Å². The van der Waals surface area contributed by atoms with Gasteiger partial charge in [0.05, 0.1) is 18.8 Å². The molecule has 0 N–H and O–H groups in total. The maximum Gasteiger partial charge on any atom is 0.332 e. The SMILES string of the molecule is CCCn1c(CN2CC(C)OC(C)C2)nc2c1c(=O)n(C)c(=O)n2C. The molecule has 8 heteroatoms. The van der Waals surface area contributed by atoms with Crippen molar-refractivity contribution in [3.05, 3.63) is 26.7 Å². The molecule has 0 aliphatic carbocycles. The van der Waals surface area contributed by atoms with E-state index >= 15 is 0 Å². The monoisotopic (exact) mass is 349 g/mol. The quantitative estimate of drug-likeness (QED) is 0.801. The molecule has 0 bridgehead atoms. The van der Waals surface area contributed by atoms with Gasteiger partial charge in [0.2, 0.25) is 0 Å². The largest absolute Gasteiger partial charge is 0.373 e. The number of ether oxygens (including phenoxy) is 1. The van der Waals surface area contributed by atoms with E-state index in [0.29, 0.717) is 24.3 Å². The predicted molar refractivity (Wildman–Crippen MR) is 95.8 cm³/mol. The topological polar surface area (TPSA) is 74.3 Å². The van der Waals surface area contributed by atoms with Crippen molar-refractivity contribution in [1.29, 1.82) is 0 Å². The van der Waals surface area contributed by atoms with Gasteiger partial charge in [-0.2, -0.15) is 0 Å². The Hall–Kier alpha value is -1.93. The first-order valence-electron chi connectivity index (χ1n) is 8.86. The lowest BCUT2D eigenvalue weighted by Gasteiger charge is -2.35. The summed E-state index contributed by atoms with van der Waals surface area (Å²) >= 11 is 0. The number of aryl methyl sites for hydroxylation is 2. The van der Waals surface area contributed by atoms with Gasteiger partial charge in [0, 0.05) is 33.7 Å². The molecule has 25 heavy (non-hydrogen) atoms. The van der Waals surface area contributed by atoms with Gasteiger partial charge in [-0.15, -0.1) is 0 Å². The Labute approximate surface area is 146 Å². The van der Waals surface area contributed by atoms with E-state index in [-0.39, 0.29) is 23.5 Å². The summed E-state index contributed by atoms with van der Waals surface area (Å²) in [5.41, 5.74) is 0.342. The van der Waals surface area contributed by atoms with Gasteiger partial charge in [-0.1, -0.05) is 6.92 Å². The summed E-state index contributed by atoms with van der Waals surface area (Å²) in [5, 5.41) is 0. The van der Waals surface area contributed by atoms with Gasteiger partial charge < -0.3 is 9.30 Å². The van der Waals surface area contributed by atoms with Gasteiger partial charge in [0.25, 0.3) is 5.56 Å². The van der Waals surface area contributed by atoms with Crippen molar-refractivity contribution in [3.63, 3.8) is 0 Å². The molecule has 8 nitrogen and oxygen atoms in total. The van der Waals surface area contributed by atoms with Crippen molar-refractivity contribution in [3.8, 4) is 0 Å². The molecule has 2 unspecified atom stereocenters. The van der Waals surface area contributed by atoms with Crippen LogP contribution in [0, 0.1) is 0 Å². The van der Waals surface area contributed by atoms with E-state index in [9.17, 15) is 9.59 Å². The smallest absolute Gasteiger partial charge is 0.332 e. The second-order valence-corrected chi connectivity index (χ2v) is 7.01. The molecule has 0 spiro atoms. The molecule has 138 valence electrons. The molecular formula is C17H27N5O3. The van der Waals surface area contributed by atoms with Gasteiger partial charge >= 0.3 is 5.69 Å². The second kappa shape index (κ2) is 6.76. The van der Waals surface area contributed by atoms with Gasteiger partial charge in [0.1, 0.15) is 5.82 Å². The second-order valence-electron chi connectivity index (χ2n) is 7.01. The number of aromatic nitrogens is 4. The number of hydrogen-bond acceptors (Lipinski definition) is 5. The summed E-state index contributed by atoms with van der Waals surface area (Å²) in [5.74, 6) is 0.830. The minimum Gasteiger partial charge on any atom is -0.373 e. The third-order valence-electron chi connectivity index (χ3n) is 4.73. The van der Waals surface area contributed by atoms with Crippen LogP contribution in [0.15, 0.2) is 9.59 Å². The van der Waals surface area contributed by atoms with E-state index < -0.39 is 0 Å². The molecule has 0 radical (unpaired) electrons. The van der Waals surface area contributed by atoms with E-state index in [0.717, 1.165) is 29.9 Å². The van der Waals surface area contributed by atoms with Crippen LogP contribution < -0.4 is 11.2 Å². The van der Waals surface area contributed by atoms with E-state index in [2.05, 4.69) is 30.7 Å². The van der Waals surface area contributed by atoms with Gasteiger partial charge in [-0.25, -0.2) is 9.78 Å². The summed E-state index contributed by atoms with van der Waals surface area (Å²) in [6.45, 7) is 9.21. The zero-order chi connectivity index (χ0) is 18.3. The molecule has 1 saturated heterocycles. The first-order valence-corrected chi connectivity index (χ1v) is 8.86. The highest BCUT2D eigenvalue weighted by Crippen LogP contribution is 2.17. The number of morpholine rings is 1. The van der Waals surface area contributed by atoms with Crippen molar-refractivity contribution >= 4 is 11.2 Å². The lowest BCUT2D eigenvalue weighted by molar-refractivity contribution is -0.0712. The van der Waals surface area contributed by atoms with Gasteiger partial charge in [-0.05, 0) is 20.3 Å². The summed E-state index contributed by atoms with van der Waals surface area (Å²) < 4.78 is 10.4. The molecule has 0 saturated carbocycles. The summed E-state index contributed by atoms with van der Waals surface area (Å²) in [6.07, 6.45) is 1.23. The van der Waals surface area contributed by atoms with E-state index in [1.807, 2.05) is 4.57 Å². The number of hydrogen-bond donors (Lipinski definition) is 0. The van der Waals surface area contributed by atoms with Crippen LogP contribution in [0.1, 0.15) is 33.0 Å². The predicted octanol–water partition coefficient (Wildman–Crippen LogP) is 0.453.